The molecule has 0 amide bonds. The van der Waals surface area contributed by atoms with E-state index in [1.807, 2.05) is 0 Å². The van der Waals surface area contributed by atoms with Crippen LogP contribution in [-0.4, -0.2) is 4.98 Å². The van der Waals surface area contributed by atoms with Crippen molar-refractivity contribution in [3.8, 4) is 11.3 Å². The van der Waals surface area contributed by atoms with E-state index in [4.69, 9.17) is 4.98 Å². The van der Waals surface area contributed by atoms with Crippen molar-refractivity contribution in [2.45, 2.75) is 0 Å². The van der Waals surface area contributed by atoms with Crippen molar-refractivity contribution in [2.75, 3.05) is 0 Å². The predicted octanol–water partition coefficient (Wildman–Crippen LogP) is 6.27. The van der Waals surface area contributed by atoms with Crippen molar-refractivity contribution >= 4 is 43.1 Å². The monoisotopic (exact) mass is 311 g/mol. The third-order valence-corrected chi connectivity index (χ3v) is 5.27. The summed E-state index contributed by atoms with van der Waals surface area (Å²) in [5.74, 6) is 0. The highest BCUT2D eigenvalue weighted by atomic mass is 32.1. The molecule has 0 aliphatic carbocycles. The van der Waals surface area contributed by atoms with Crippen LogP contribution in [-0.2, 0) is 0 Å². The van der Waals surface area contributed by atoms with Gasteiger partial charge in [-0.25, -0.2) is 4.98 Å². The maximum Gasteiger partial charge on any atom is 0.0796 e. The Balaban J connectivity index is 1.87. The van der Waals surface area contributed by atoms with Gasteiger partial charge in [0, 0.05) is 21.0 Å². The third kappa shape index (κ3) is 1.96. The Morgan fingerprint density at radius 1 is 0.696 bits per heavy atom. The zero-order valence-electron chi connectivity index (χ0n) is 12.4. The summed E-state index contributed by atoms with van der Waals surface area (Å²) in [5, 5.41) is 7.15. The van der Waals surface area contributed by atoms with Gasteiger partial charge >= 0.3 is 0 Å². The van der Waals surface area contributed by atoms with Crippen LogP contribution >= 0.6 is 11.3 Å². The van der Waals surface area contributed by atoms with Gasteiger partial charge in [0.15, 0.2) is 0 Å². The molecule has 2 heterocycles. The SMILES string of the molecule is c1ccc2cc(-c3nc4ccccc4c4sccc34)ccc2c1. The molecule has 2 heteroatoms. The van der Waals surface area contributed by atoms with Crippen LogP contribution in [0.2, 0.25) is 0 Å². The molecule has 108 valence electrons. The first-order valence-corrected chi connectivity index (χ1v) is 8.53. The van der Waals surface area contributed by atoms with Crippen molar-refractivity contribution in [3.63, 3.8) is 0 Å². The lowest BCUT2D eigenvalue weighted by atomic mass is 10.0. The van der Waals surface area contributed by atoms with E-state index in [9.17, 15) is 0 Å². The Morgan fingerprint density at radius 3 is 2.48 bits per heavy atom. The predicted molar refractivity (Wildman–Crippen MR) is 100 cm³/mol. The molecule has 0 aliphatic rings. The first-order valence-electron chi connectivity index (χ1n) is 7.65. The zero-order chi connectivity index (χ0) is 15.2. The van der Waals surface area contributed by atoms with Crippen molar-refractivity contribution < 1.29 is 0 Å². The van der Waals surface area contributed by atoms with Crippen LogP contribution in [0.15, 0.2) is 78.2 Å². The molecule has 3 aromatic carbocycles. The van der Waals surface area contributed by atoms with Gasteiger partial charge in [0.05, 0.1) is 11.2 Å². The highest BCUT2D eigenvalue weighted by Gasteiger charge is 2.11. The van der Waals surface area contributed by atoms with Crippen LogP contribution in [0.4, 0.5) is 0 Å². The number of benzene rings is 3. The minimum absolute atomic E-state index is 1.06. The lowest BCUT2D eigenvalue weighted by Gasteiger charge is -2.08. The molecule has 0 saturated heterocycles. The molecule has 5 aromatic rings. The summed E-state index contributed by atoms with van der Waals surface area (Å²) in [6.07, 6.45) is 0. The number of aromatic nitrogens is 1. The maximum absolute atomic E-state index is 4.96. The molecular formula is C21H13NS. The summed E-state index contributed by atoms with van der Waals surface area (Å²) in [7, 11) is 0. The Morgan fingerprint density at radius 2 is 1.52 bits per heavy atom. The summed E-state index contributed by atoms with van der Waals surface area (Å²) in [4.78, 5) is 4.96. The van der Waals surface area contributed by atoms with Crippen molar-refractivity contribution in [1.29, 1.82) is 0 Å². The van der Waals surface area contributed by atoms with E-state index in [1.54, 1.807) is 11.3 Å². The Hall–Kier alpha value is -2.71. The van der Waals surface area contributed by atoms with E-state index in [-0.39, 0.29) is 0 Å². The van der Waals surface area contributed by atoms with E-state index >= 15 is 0 Å². The van der Waals surface area contributed by atoms with Crippen LogP contribution in [0.5, 0.6) is 0 Å². The maximum atomic E-state index is 4.96. The minimum atomic E-state index is 1.06. The Bertz CT molecular complexity index is 1170. The van der Waals surface area contributed by atoms with E-state index in [0.717, 1.165) is 11.2 Å². The molecule has 23 heavy (non-hydrogen) atoms. The van der Waals surface area contributed by atoms with Crippen LogP contribution in [0, 0.1) is 0 Å². The van der Waals surface area contributed by atoms with Gasteiger partial charge in [-0.15, -0.1) is 11.3 Å². The van der Waals surface area contributed by atoms with Gasteiger partial charge < -0.3 is 0 Å². The molecule has 5 rings (SSSR count). The van der Waals surface area contributed by atoms with Gasteiger partial charge in [-0.1, -0.05) is 54.6 Å². The summed E-state index contributed by atoms with van der Waals surface area (Å²) in [6.45, 7) is 0. The number of thiophene rings is 1. The van der Waals surface area contributed by atoms with Crippen LogP contribution in [0.1, 0.15) is 0 Å². The molecule has 0 saturated carbocycles. The molecule has 0 spiro atoms. The van der Waals surface area contributed by atoms with Gasteiger partial charge in [0.25, 0.3) is 0 Å². The standard InChI is InChI=1S/C21H13NS/c1-2-6-15-13-16(10-9-14(15)5-1)20-18-11-12-23-21(18)17-7-3-4-8-19(17)22-20/h1-13H. The van der Waals surface area contributed by atoms with Gasteiger partial charge in [0.1, 0.15) is 0 Å². The fraction of sp³-hybridized carbons (Fsp3) is 0. The molecule has 0 radical (unpaired) electrons. The van der Waals surface area contributed by atoms with Gasteiger partial charge in [-0.05, 0) is 34.4 Å². The number of hydrogen-bond acceptors (Lipinski definition) is 2. The fourth-order valence-electron chi connectivity index (χ4n) is 3.20. The van der Waals surface area contributed by atoms with Crippen molar-refractivity contribution in [3.05, 3.63) is 78.2 Å². The van der Waals surface area contributed by atoms with Crippen LogP contribution in [0.3, 0.4) is 0 Å². The molecule has 0 aliphatic heterocycles. The average Bonchev–Trinajstić information content (AvgIpc) is 3.11. The minimum Gasteiger partial charge on any atom is -0.247 e. The Labute approximate surface area is 137 Å². The van der Waals surface area contributed by atoms with E-state index in [2.05, 4.69) is 78.2 Å². The number of nitrogens with zero attached hydrogens (tertiary/aromatic N) is 1. The average molecular weight is 311 g/mol. The second-order valence-corrected chi connectivity index (χ2v) is 6.62. The molecule has 0 fully saturated rings. The zero-order valence-corrected chi connectivity index (χ0v) is 13.2. The molecular weight excluding hydrogens is 298 g/mol. The smallest absolute Gasteiger partial charge is 0.0796 e. The Kier molecular flexibility index (Phi) is 2.73. The van der Waals surface area contributed by atoms with Crippen molar-refractivity contribution in [1.82, 2.24) is 4.98 Å². The quantitative estimate of drug-likeness (QED) is 0.355. The molecule has 0 unspecified atom stereocenters. The summed E-state index contributed by atoms with van der Waals surface area (Å²) < 4.78 is 1.32. The largest absolute Gasteiger partial charge is 0.247 e. The molecule has 2 aromatic heterocycles. The van der Waals surface area contributed by atoms with Crippen LogP contribution < -0.4 is 0 Å². The third-order valence-electron chi connectivity index (χ3n) is 4.32. The lowest BCUT2D eigenvalue weighted by molar-refractivity contribution is 1.44. The van der Waals surface area contributed by atoms with Gasteiger partial charge in [-0.3, -0.25) is 0 Å². The normalized spacial score (nSPS) is 11.5. The second-order valence-electron chi connectivity index (χ2n) is 5.70. The van der Waals surface area contributed by atoms with E-state index in [1.165, 1.54) is 31.8 Å². The van der Waals surface area contributed by atoms with Crippen LogP contribution in [0.25, 0.3) is 43.0 Å². The highest BCUT2D eigenvalue weighted by Crippen LogP contribution is 2.36. The second kappa shape index (κ2) is 4.90. The summed E-state index contributed by atoms with van der Waals surface area (Å²) in [6, 6.07) is 25.6. The molecule has 0 bridgehead atoms. The summed E-state index contributed by atoms with van der Waals surface area (Å²) >= 11 is 1.79. The van der Waals surface area contributed by atoms with E-state index < -0.39 is 0 Å². The molecule has 0 N–H and O–H groups in total. The molecule has 0 atom stereocenters. The number of hydrogen-bond donors (Lipinski definition) is 0. The number of rotatable bonds is 1. The summed E-state index contributed by atoms with van der Waals surface area (Å²) in [5.41, 5.74) is 3.31. The first kappa shape index (κ1) is 12.8. The van der Waals surface area contributed by atoms with Crippen molar-refractivity contribution in [2.24, 2.45) is 0 Å². The fourth-order valence-corrected chi connectivity index (χ4v) is 4.14. The van der Waals surface area contributed by atoms with Gasteiger partial charge in [0.2, 0.25) is 0 Å². The lowest BCUT2D eigenvalue weighted by Crippen LogP contribution is -1.87. The number of para-hydroxylation sites is 1. The highest BCUT2D eigenvalue weighted by molar-refractivity contribution is 7.18. The number of fused-ring (bicyclic) bond motifs is 4. The number of pyridine rings is 1. The topological polar surface area (TPSA) is 12.9 Å². The van der Waals surface area contributed by atoms with E-state index in [0.29, 0.717) is 0 Å². The molecule has 1 nitrogen and oxygen atoms in total. The van der Waals surface area contributed by atoms with Gasteiger partial charge in [-0.2, -0.15) is 0 Å². The first-order chi connectivity index (χ1) is 11.4.